The van der Waals surface area contributed by atoms with E-state index in [0.29, 0.717) is 29.9 Å². The fourth-order valence-corrected chi connectivity index (χ4v) is 3.60. The van der Waals surface area contributed by atoms with Crippen molar-refractivity contribution in [3.63, 3.8) is 0 Å². The summed E-state index contributed by atoms with van der Waals surface area (Å²) in [5.41, 5.74) is 1.84. The number of hydrogen-bond donors (Lipinski definition) is 1. The van der Waals surface area contributed by atoms with Crippen molar-refractivity contribution in [1.82, 2.24) is 14.5 Å². The van der Waals surface area contributed by atoms with Crippen LogP contribution < -0.4 is 5.56 Å². The number of carboxylic acids is 1. The molecule has 3 heterocycles. The molecule has 0 aromatic carbocycles. The summed E-state index contributed by atoms with van der Waals surface area (Å²) in [6.07, 6.45) is 7.95. The largest absolute Gasteiger partial charge is 0.481 e. The van der Waals surface area contributed by atoms with Crippen molar-refractivity contribution in [2.24, 2.45) is 5.41 Å². The molecule has 0 bridgehead atoms. The Morgan fingerprint density at radius 2 is 2.19 bits per heavy atom. The van der Waals surface area contributed by atoms with Crippen molar-refractivity contribution < 1.29 is 9.90 Å². The molecular formula is C20H19N3O3. The first-order valence-electron chi connectivity index (χ1n) is 8.66. The van der Waals surface area contributed by atoms with Gasteiger partial charge in [-0.3, -0.25) is 19.1 Å². The number of aryl methyl sites for hydroxylation is 1. The van der Waals surface area contributed by atoms with E-state index >= 15 is 0 Å². The molecule has 1 aliphatic carbocycles. The van der Waals surface area contributed by atoms with Crippen LogP contribution in [0, 0.1) is 12.3 Å². The van der Waals surface area contributed by atoms with Crippen molar-refractivity contribution >= 4 is 24.2 Å². The molecule has 6 nitrogen and oxygen atoms in total. The lowest BCUT2D eigenvalue weighted by atomic mass is 10.0. The first-order valence-corrected chi connectivity index (χ1v) is 8.66. The van der Waals surface area contributed by atoms with Gasteiger partial charge in [0.1, 0.15) is 11.2 Å². The van der Waals surface area contributed by atoms with Gasteiger partial charge >= 0.3 is 5.97 Å². The number of hydrogen-bond acceptors (Lipinski definition) is 4. The monoisotopic (exact) mass is 349 g/mol. The van der Waals surface area contributed by atoms with Crippen molar-refractivity contribution in [3.05, 3.63) is 63.1 Å². The summed E-state index contributed by atoms with van der Waals surface area (Å²) in [7, 11) is 0. The number of carboxylic acid groups (broad SMARTS) is 1. The molecule has 2 aromatic heterocycles. The second-order valence-corrected chi connectivity index (χ2v) is 6.80. The molecule has 132 valence electrons. The Morgan fingerprint density at radius 1 is 1.38 bits per heavy atom. The highest BCUT2D eigenvalue weighted by atomic mass is 16.4. The highest BCUT2D eigenvalue weighted by Crippen LogP contribution is 2.59. The molecule has 0 saturated heterocycles. The van der Waals surface area contributed by atoms with Crippen LogP contribution in [0.3, 0.4) is 0 Å². The number of fused-ring (bicyclic) bond motifs is 3. The van der Waals surface area contributed by atoms with Crippen LogP contribution in [-0.2, 0) is 11.2 Å². The third-order valence-corrected chi connectivity index (χ3v) is 5.15. The maximum absolute atomic E-state index is 13.0. The van der Waals surface area contributed by atoms with Crippen molar-refractivity contribution in [2.75, 3.05) is 0 Å². The highest BCUT2D eigenvalue weighted by Gasteiger charge is 2.62. The molecule has 1 aliphatic heterocycles. The lowest BCUT2D eigenvalue weighted by Gasteiger charge is -2.19. The molecule has 2 aliphatic rings. The third kappa shape index (κ3) is 2.41. The smallest absolute Gasteiger partial charge is 0.315 e. The maximum atomic E-state index is 13.0. The van der Waals surface area contributed by atoms with E-state index in [4.69, 9.17) is 0 Å². The number of aliphatic carboxylic acids is 1. The molecule has 0 amide bonds. The Bertz CT molecular complexity index is 1040. The SMILES string of the molecule is CCc1c(/C=C/c2cccc(C)n2)nc2n(c1=O)C1CC1(C(=O)O)C=C2. The summed E-state index contributed by atoms with van der Waals surface area (Å²) in [6, 6.07) is 5.42. The number of carbonyl (C=O) groups is 1. The quantitative estimate of drug-likeness (QED) is 0.917. The van der Waals surface area contributed by atoms with Gasteiger partial charge in [0.15, 0.2) is 0 Å². The van der Waals surface area contributed by atoms with Crippen LogP contribution in [0.1, 0.15) is 47.9 Å². The second kappa shape index (κ2) is 5.76. The Kier molecular flexibility index (Phi) is 3.64. The summed E-state index contributed by atoms with van der Waals surface area (Å²) in [4.78, 5) is 33.6. The Balaban J connectivity index is 1.78. The van der Waals surface area contributed by atoms with E-state index in [9.17, 15) is 14.7 Å². The summed E-state index contributed by atoms with van der Waals surface area (Å²) in [6.45, 7) is 3.83. The third-order valence-electron chi connectivity index (χ3n) is 5.15. The Labute approximate surface area is 150 Å². The molecule has 4 rings (SSSR count). The van der Waals surface area contributed by atoms with E-state index in [1.165, 1.54) is 0 Å². The average molecular weight is 349 g/mol. The fraction of sp³-hybridized carbons (Fsp3) is 0.300. The van der Waals surface area contributed by atoms with Gasteiger partial charge in [0.05, 0.1) is 17.4 Å². The Morgan fingerprint density at radius 3 is 2.88 bits per heavy atom. The van der Waals surface area contributed by atoms with Crippen LogP contribution in [0.15, 0.2) is 29.1 Å². The van der Waals surface area contributed by atoms with Crippen molar-refractivity contribution in [1.29, 1.82) is 0 Å². The van der Waals surface area contributed by atoms with Crippen LogP contribution in [0.4, 0.5) is 0 Å². The zero-order valence-electron chi connectivity index (χ0n) is 14.6. The van der Waals surface area contributed by atoms with Crippen LogP contribution in [-0.4, -0.2) is 25.6 Å². The summed E-state index contributed by atoms with van der Waals surface area (Å²) >= 11 is 0. The van der Waals surface area contributed by atoms with Crippen LogP contribution in [0.2, 0.25) is 0 Å². The van der Waals surface area contributed by atoms with E-state index in [2.05, 4.69) is 9.97 Å². The molecule has 1 fully saturated rings. The molecule has 2 atom stereocenters. The molecule has 2 aromatic rings. The van der Waals surface area contributed by atoms with Crippen LogP contribution in [0.25, 0.3) is 18.2 Å². The molecule has 0 radical (unpaired) electrons. The number of pyridine rings is 1. The van der Waals surface area contributed by atoms with Crippen molar-refractivity contribution in [3.8, 4) is 0 Å². The van der Waals surface area contributed by atoms with Gasteiger partial charge < -0.3 is 5.11 Å². The van der Waals surface area contributed by atoms with Crippen LogP contribution >= 0.6 is 0 Å². The molecular weight excluding hydrogens is 330 g/mol. The summed E-state index contributed by atoms with van der Waals surface area (Å²) in [5, 5.41) is 9.46. The van der Waals surface area contributed by atoms with Gasteiger partial charge in [-0.1, -0.05) is 19.1 Å². The van der Waals surface area contributed by atoms with Gasteiger partial charge in [0, 0.05) is 11.3 Å². The number of aromatic nitrogens is 3. The number of nitrogens with zero attached hydrogens (tertiary/aromatic N) is 3. The highest BCUT2D eigenvalue weighted by molar-refractivity contribution is 5.84. The van der Waals surface area contributed by atoms with Gasteiger partial charge in [-0.15, -0.1) is 0 Å². The summed E-state index contributed by atoms with van der Waals surface area (Å²) in [5.74, 6) is -0.368. The average Bonchev–Trinajstić information content (AvgIpc) is 3.36. The molecule has 0 spiro atoms. The van der Waals surface area contributed by atoms with Gasteiger partial charge in [0.25, 0.3) is 5.56 Å². The molecule has 26 heavy (non-hydrogen) atoms. The van der Waals surface area contributed by atoms with E-state index in [1.54, 1.807) is 16.7 Å². The molecule has 6 heteroatoms. The summed E-state index contributed by atoms with van der Waals surface area (Å²) < 4.78 is 1.55. The normalized spacial score (nSPS) is 22.9. The second-order valence-electron chi connectivity index (χ2n) is 6.80. The maximum Gasteiger partial charge on any atom is 0.315 e. The van der Waals surface area contributed by atoms with Crippen molar-refractivity contribution in [2.45, 2.75) is 32.7 Å². The van der Waals surface area contributed by atoms with E-state index in [-0.39, 0.29) is 11.6 Å². The number of rotatable bonds is 4. The van der Waals surface area contributed by atoms with Crippen LogP contribution in [0.5, 0.6) is 0 Å². The zero-order valence-corrected chi connectivity index (χ0v) is 14.6. The minimum Gasteiger partial charge on any atom is -0.481 e. The predicted octanol–water partition coefficient (Wildman–Crippen LogP) is 2.72. The molecule has 1 N–H and O–H groups in total. The van der Waals surface area contributed by atoms with E-state index in [0.717, 1.165) is 11.4 Å². The predicted molar refractivity (Wildman–Crippen MR) is 98.5 cm³/mol. The van der Waals surface area contributed by atoms with E-state index in [1.807, 2.05) is 44.2 Å². The first kappa shape index (κ1) is 16.4. The lowest BCUT2D eigenvalue weighted by Crippen LogP contribution is -2.32. The minimum absolute atomic E-state index is 0.146. The zero-order chi connectivity index (χ0) is 18.5. The van der Waals surface area contributed by atoms with Gasteiger partial charge in [-0.25, -0.2) is 4.98 Å². The Hall–Kier alpha value is -3.02. The van der Waals surface area contributed by atoms with E-state index < -0.39 is 11.4 Å². The minimum atomic E-state index is -0.938. The molecule has 1 saturated carbocycles. The molecule has 2 unspecified atom stereocenters. The first-order chi connectivity index (χ1) is 12.5. The van der Waals surface area contributed by atoms with Gasteiger partial charge in [-0.05, 0) is 50.1 Å². The van der Waals surface area contributed by atoms with Gasteiger partial charge in [-0.2, -0.15) is 0 Å². The fourth-order valence-electron chi connectivity index (χ4n) is 3.60. The standard InChI is InChI=1S/C20H19N3O3/c1-3-14-15(8-7-13-6-4-5-12(2)21-13)22-17-9-10-20(19(25)26)11-16(20)23(17)18(14)24/h4-10,16H,3,11H2,1-2H3,(H,25,26)/b8-7+. The lowest BCUT2D eigenvalue weighted by molar-refractivity contribution is -0.141. The van der Waals surface area contributed by atoms with Gasteiger partial charge in [0.2, 0.25) is 0 Å². The topological polar surface area (TPSA) is 85.1 Å².